The van der Waals surface area contributed by atoms with Crippen LogP contribution in [0.25, 0.3) is 0 Å². The van der Waals surface area contributed by atoms with E-state index in [4.69, 9.17) is 5.73 Å². The highest BCUT2D eigenvalue weighted by Gasteiger charge is 2.27. The maximum Gasteiger partial charge on any atom is 0.221 e. The molecular weight excluding hydrogens is 386 g/mol. The Balaban J connectivity index is 1.49. The molecule has 5 N–H and O–H groups in total. The first kappa shape index (κ1) is 20.9. The summed E-state index contributed by atoms with van der Waals surface area (Å²) < 4.78 is 0. The third-order valence-corrected chi connectivity index (χ3v) is 5.75. The van der Waals surface area contributed by atoms with Crippen LogP contribution in [-0.2, 0) is 11.2 Å². The molecule has 3 atom stereocenters. The topological polar surface area (TPSA) is 92.1 Å². The summed E-state index contributed by atoms with van der Waals surface area (Å²) in [4.78, 5) is 15.8. The lowest BCUT2D eigenvalue weighted by Gasteiger charge is -2.35. The Hall–Kier alpha value is -3.38. The summed E-state index contributed by atoms with van der Waals surface area (Å²) in [6.07, 6.45) is 2.08. The molecule has 1 aliphatic heterocycles. The molecular formula is C25H29N5O. The highest BCUT2D eigenvalue weighted by atomic mass is 16.1. The number of anilines is 2. The average molecular weight is 416 g/mol. The van der Waals surface area contributed by atoms with E-state index in [0.29, 0.717) is 0 Å². The quantitative estimate of drug-likeness (QED) is 0.452. The predicted molar refractivity (Wildman–Crippen MR) is 125 cm³/mol. The second kappa shape index (κ2) is 9.62. The van der Waals surface area contributed by atoms with Crippen molar-refractivity contribution in [1.82, 2.24) is 10.3 Å². The zero-order valence-electron chi connectivity index (χ0n) is 17.7. The summed E-state index contributed by atoms with van der Waals surface area (Å²) in [5.41, 5.74) is 9.78. The van der Waals surface area contributed by atoms with Gasteiger partial charge >= 0.3 is 0 Å². The molecule has 160 valence electrons. The normalized spacial score (nSPS) is 17.0. The van der Waals surface area contributed by atoms with Gasteiger partial charge in [-0.05, 0) is 34.7 Å². The molecule has 1 aromatic heterocycles. The van der Waals surface area contributed by atoms with Crippen LogP contribution >= 0.6 is 0 Å². The van der Waals surface area contributed by atoms with Gasteiger partial charge in [-0.2, -0.15) is 0 Å². The van der Waals surface area contributed by atoms with Crippen LogP contribution in [-0.4, -0.2) is 30.0 Å². The minimum absolute atomic E-state index is 0.111. The monoisotopic (exact) mass is 415 g/mol. The average Bonchev–Trinajstić information content (AvgIpc) is 2.79. The molecule has 0 saturated heterocycles. The fourth-order valence-corrected chi connectivity index (χ4v) is 4.10. The number of hydrogen-bond acceptors (Lipinski definition) is 5. The first-order valence-electron chi connectivity index (χ1n) is 10.7. The van der Waals surface area contributed by atoms with Crippen molar-refractivity contribution >= 4 is 17.4 Å². The number of primary amides is 1. The Labute approximate surface area is 183 Å². The molecule has 0 unspecified atom stereocenters. The van der Waals surface area contributed by atoms with Crippen molar-refractivity contribution in [3.05, 3.63) is 89.6 Å². The molecule has 6 nitrogen and oxygen atoms in total. The number of nitrogens with one attached hydrogen (secondary N) is 3. The highest BCUT2D eigenvalue weighted by molar-refractivity contribution is 5.76. The van der Waals surface area contributed by atoms with Crippen molar-refractivity contribution < 1.29 is 4.79 Å². The maximum atomic E-state index is 11.3. The van der Waals surface area contributed by atoms with Gasteiger partial charge in [-0.1, -0.05) is 61.5 Å². The van der Waals surface area contributed by atoms with Crippen molar-refractivity contribution in [2.24, 2.45) is 5.73 Å². The van der Waals surface area contributed by atoms with Crippen molar-refractivity contribution in [3.63, 3.8) is 0 Å². The Morgan fingerprint density at radius 1 is 1.13 bits per heavy atom. The van der Waals surface area contributed by atoms with Crippen LogP contribution in [0.2, 0.25) is 0 Å². The molecule has 0 fully saturated rings. The molecule has 1 amide bonds. The molecule has 4 rings (SSSR count). The summed E-state index contributed by atoms with van der Waals surface area (Å²) >= 11 is 0. The van der Waals surface area contributed by atoms with Crippen molar-refractivity contribution in [1.29, 1.82) is 0 Å². The fraction of sp³-hybridized carbons (Fsp3) is 0.280. The molecule has 2 aromatic carbocycles. The van der Waals surface area contributed by atoms with Crippen LogP contribution in [0.1, 0.15) is 35.6 Å². The number of fused-ring (bicyclic) bond motifs is 1. The Bertz CT molecular complexity index is 1020. The van der Waals surface area contributed by atoms with Crippen LogP contribution in [0.5, 0.6) is 0 Å². The van der Waals surface area contributed by atoms with E-state index in [1.54, 1.807) is 0 Å². The molecule has 2 heterocycles. The van der Waals surface area contributed by atoms with E-state index >= 15 is 0 Å². The molecule has 0 bridgehead atoms. The highest BCUT2D eigenvalue weighted by Crippen LogP contribution is 2.29. The molecule has 0 saturated carbocycles. The number of pyridine rings is 1. The molecule has 0 spiro atoms. The number of carbonyl (C=O) groups excluding carboxylic acids is 1. The van der Waals surface area contributed by atoms with Crippen molar-refractivity contribution in [2.75, 3.05) is 23.7 Å². The third kappa shape index (κ3) is 5.22. The second-order valence-corrected chi connectivity index (χ2v) is 8.12. The van der Waals surface area contributed by atoms with E-state index in [9.17, 15) is 4.79 Å². The molecule has 3 aromatic rings. The minimum atomic E-state index is -0.308. The van der Waals surface area contributed by atoms with E-state index in [0.717, 1.165) is 30.2 Å². The smallest absolute Gasteiger partial charge is 0.221 e. The van der Waals surface area contributed by atoms with Crippen LogP contribution in [0, 0.1) is 0 Å². The van der Waals surface area contributed by atoms with Crippen LogP contribution in [0.15, 0.2) is 72.9 Å². The van der Waals surface area contributed by atoms with Gasteiger partial charge in [0, 0.05) is 19.3 Å². The number of hydrogen-bond donors (Lipinski definition) is 4. The lowest BCUT2D eigenvalue weighted by Crippen LogP contribution is -2.45. The lowest BCUT2D eigenvalue weighted by atomic mass is 9.94. The first-order chi connectivity index (χ1) is 15.1. The van der Waals surface area contributed by atoms with E-state index in [2.05, 4.69) is 64.3 Å². The van der Waals surface area contributed by atoms with E-state index in [1.165, 1.54) is 11.1 Å². The summed E-state index contributed by atoms with van der Waals surface area (Å²) in [6, 6.07) is 22.9. The van der Waals surface area contributed by atoms with Gasteiger partial charge in [0.2, 0.25) is 5.91 Å². The molecule has 0 aliphatic carbocycles. The van der Waals surface area contributed by atoms with Gasteiger partial charge in [-0.25, -0.2) is 4.98 Å². The predicted octanol–water partition coefficient (Wildman–Crippen LogP) is 3.45. The van der Waals surface area contributed by atoms with E-state index in [-0.39, 0.29) is 30.3 Å². The van der Waals surface area contributed by atoms with Crippen LogP contribution in [0.3, 0.4) is 0 Å². The van der Waals surface area contributed by atoms with Gasteiger partial charge in [-0.3, -0.25) is 4.79 Å². The first-order valence-corrected chi connectivity index (χ1v) is 10.7. The molecule has 31 heavy (non-hydrogen) atoms. The van der Waals surface area contributed by atoms with Crippen molar-refractivity contribution in [2.45, 2.75) is 31.3 Å². The zero-order chi connectivity index (χ0) is 21.6. The summed E-state index contributed by atoms with van der Waals surface area (Å²) in [7, 11) is 0. The third-order valence-electron chi connectivity index (χ3n) is 5.75. The molecule has 6 heteroatoms. The number of benzene rings is 2. The maximum absolute atomic E-state index is 11.3. The van der Waals surface area contributed by atoms with Gasteiger partial charge in [0.15, 0.2) is 0 Å². The van der Waals surface area contributed by atoms with Gasteiger partial charge in [0.05, 0.1) is 24.2 Å². The summed E-state index contributed by atoms with van der Waals surface area (Å²) in [5, 5.41) is 10.9. The Kier molecular flexibility index (Phi) is 6.48. The molecule has 0 radical (unpaired) electrons. The number of carbonyl (C=O) groups is 1. The number of nitrogens with two attached hydrogens (primary N) is 1. The second-order valence-electron chi connectivity index (χ2n) is 8.12. The Morgan fingerprint density at radius 2 is 1.94 bits per heavy atom. The van der Waals surface area contributed by atoms with Gasteiger partial charge in [0.25, 0.3) is 0 Å². The van der Waals surface area contributed by atoms with E-state index < -0.39 is 0 Å². The summed E-state index contributed by atoms with van der Waals surface area (Å²) in [5.74, 6) is 0.853. The van der Waals surface area contributed by atoms with Gasteiger partial charge in [0.1, 0.15) is 5.82 Å². The lowest BCUT2D eigenvalue weighted by molar-refractivity contribution is -0.117. The Morgan fingerprint density at radius 3 is 2.74 bits per heavy atom. The number of aromatic nitrogens is 1. The zero-order valence-corrected chi connectivity index (χ0v) is 17.7. The van der Waals surface area contributed by atoms with Gasteiger partial charge < -0.3 is 21.7 Å². The minimum Gasteiger partial charge on any atom is -0.380 e. The van der Waals surface area contributed by atoms with Crippen LogP contribution < -0.4 is 21.7 Å². The number of nitrogens with zero attached hydrogens (tertiary/aromatic N) is 1. The largest absolute Gasteiger partial charge is 0.380 e. The standard InChI is InChI=1S/C25H29N5O/c1-17(20-10-5-7-18(13-20)14-23(26)31)15-29-24(19-8-3-2-4-9-19)22-16-28-21-11-6-12-27-25(21)30-22/h2-13,17,22,24,28-29H,14-16H2,1H3,(H2,26,31)(H,27,30)/t17-,22+,24+/m0/s1. The summed E-state index contributed by atoms with van der Waals surface area (Å²) in [6.45, 7) is 3.79. The fourth-order valence-electron chi connectivity index (χ4n) is 4.10. The van der Waals surface area contributed by atoms with Crippen LogP contribution in [0.4, 0.5) is 11.5 Å². The van der Waals surface area contributed by atoms with Gasteiger partial charge in [-0.15, -0.1) is 0 Å². The SMILES string of the molecule is C[C@@H](CN[C@H](c1ccccc1)[C@H]1CNc2cccnc2N1)c1cccc(CC(N)=O)c1. The van der Waals surface area contributed by atoms with E-state index in [1.807, 2.05) is 36.5 Å². The number of amides is 1. The number of rotatable bonds is 8. The molecule has 1 aliphatic rings. The van der Waals surface area contributed by atoms with Crippen molar-refractivity contribution in [3.8, 4) is 0 Å².